The minimum absolute atomic E-state index is 0.355. The number of para-hydroxylation sites is 1. The molecule has 1 N–H and O–H groups in total. The second kappa shape index (κ2) is 10.2. The van der Waals surface area contributed by atoms with Gasteiger partial charge < -0.3 is 4.74 Å². The molecule has 5 rings (SSSR count). The molecule has 0 bridgehead atoms. The minimum atomic E-state index is -0.593. The van der Waals surface area contributed by atoms with Crippen molar-refractivity contribution >= 4 is 55.2 Å². The summed E-state index contributed by atoms with van der Waals surface area (Å²) >= 11 is 4.75. The number of nitrogens with one attached hydrogen (secondary N) is 1. The summed E-state index contributed by atoms with van der Waals surface area (Å²) in [6, 6.07) is 26.4. The number of thiazole rings is 1. The summed E-state index contributed by atoms with van der Waals surface area (Å²) in [6.45, 7) is -0.429. The van der Waals surface area contributed by atoms with E-state index in [1.54, 1.807) is 6.07 Å². The third kappa shape index (κ3) is 5.29. The summed E-state index contributed by atoms with van der Waals surface area (Å²) in [7, 11) is 0. The van der Waals surface area contributed by atoms with Crippen LogP contribution in [0.15, 0.2) is 94.8 Å². The van der Waals surface area contributed by atoms with E-state index in [2.05, 4.69) is 31.2 Å². The second-order valence-electron chi connectivity index (χ2n) is 7.61. The van der Waals surface area contributed by atoms with Gasteiger partial charge in [0, 0.05) is 26.4 Å². The van der Waals surface area contributed by atoms with Crippen molar-refractivity contribution in [2.45, 2.75) is 0 Å². The number of fused-ring (bicyclic) bond motifs is 1. The molecule has 0 aliphatic heterocycles. The number of anilines is 1. The van der Waals surface area contributed by atoms with Gasteiger partial charge >= 0.3 is 5.97 Å². The molecule has 1 amide bonds. The van der Waals surface area contributed by atoms with Gasteiger partial charge in [-0.2, -0.15) is 0 Å². The summed E-state index contributed by atoms with van der Waals surface area (Å²) in [5.74, 6) is -1.06. The van der Waals surface area contributed by atoms with Crippen LogP contribution in [-0.4, -0.2) is 28.5 Å². The predicted molar refractivity (Wildman–Crippen MR) is 141 cm³/mol. The molecule has 172 valence electrons. The number of carbonyl (C=O) groups is 2. The molecule has 2 aromatic heterocycles. The van der Waals surface area contributed by atoms with Crippen LogP contribution in [-0.2, 0) is 9.53 Å². The quantitative estimate of drug-likeness (QED) is 0.244. The smallest absolute Gasteiger partial charge is 0.339 e. The number of ether oxygens (including phenoxy) is 1. The number of halogens is 1. The number of benzene rings is 3. The van der Waals surface area contributed by atoms with Crippen molar-refractivity contribution in [3.05, 3.63) is 100 Å². The van der Waals surface area contributed by atoms with Crippen molar-refractivity contribution in [3.63, 3.8) is 0 Å². The molecule has 5 aromatic rings. The molecule has 0 unspecified atom stereocenters. The summed E-state index contributed by atoms with van der Waals surface area (Å²) < 4.78 is 6.30. The van der Waals surface area contributed by atoms with Gasteiger partial charge in [0.15, 0.2) is 11.7 Å². The molecule has 0 saturated heterocycles. The van der Waals surface area contributed by atoms with Crippen LogP contribution in [0.25, 0.3) is 33.4 Å². The molecule has 35 heavy (non-hydrogen) atoms. The Morgan fingerprint density at radius 3 is 2.46 bits per heavy atom. The highest BCUT2D eigenvalue weighted by Gasteiger charge is 2.17. The predicted octanol–water partition coefficient (Wildman–Crippen LogP) is 6.58. The molecule has 0 radical (unpaired) electrons. The van der Waals surface area contributed by atoms with Crippen LogP contribution < -0.4 is 5.32 Å². The highest BCUT2D eigenvalue weighted by atomic mass is 79.9. The Bertz CT molecular complexity index is 1540. The fourth-order valence-corrected chi connectivity index (χ4v) is 4.71. The van der Waals surface area contributed by atoms with Crippen LogP contribution in [0.5, 0.6) is 0 Å². The van der Waals surface area contributed by atoms with E-state index in [-0.39, 0.29) is 0 Å². The molecule has 8 heteroatoms. The number of carbonyl (C=O) groups excluding carboxylic acids is 2. The zero-order valence-electron chi connectivity index (χ0n) is 18.3. The van der Waals surface area contributed by atoms with Gasteiger partial charge in [-0.1, -0.05) is 76.6 Å². The lowest BCUT2D eigenvalue weighted by Gasteiger charge is -2.10. The first kappa shape index (κ1) is 22.9. The van der Waals surface area contributed by atoms with Gasteiger partial charge in [-0.15, -0.1) is 11.3 Å². The SMILES string of the molecule is O=C(COC(=O)c1cc(-c2ccccc2)nc2ccccc12)Nc1nc(-c2cccc(Br)c2)cs1. The lowest BCUT2D eigenvalue weighted by molar-refractivity contribution is -0.119. The Morgan fingerprint density at radius 1 is 0.857 bits per heavy atom. The Hall–Kier alpha value is -3.88. The maximum Gasteiger partial charge on any atom is 0.339 e. The fraction of sp³-hybridized carbons (Fsp3) is 0.0370. The van der Waals surface area contributed by atoms with E-state index >= 15 is 0 Å². The summed E-state index contributed by atoms with van der Waals surface area (Å²) in [4.78, 5) is 34.6. The molecule has 0 atom stereocenters. The van der Waals surface area contributed by atoms with E-state index in [1.807, 2.05) is 84.2 Å². The standard InChI is InChI=1S/C27H18BrN3O3S/c28-19-10-6-9-18(13-19)24-16-35-27(30-24)31-25(32)15-34-26(33)21-14-23(17-7-2-1-3-8-17)29-22-12-5-4-11-20(21)22/h1-14,16H,15H2,(H,30,31,32). The number of pyridine rings is 1. The fourth-order valence-electron chi connectivity index (χ4n) is 3.58. The maximum atomic E-state index is 13.0. The Balaban J connectivity index is 1.30. The Labute approximate surface area is 213 Å². The number of nitrogens with zero attached hydrogens (tertiary/aromatic N) is 2. The van der Waals surface area contributed by atoms with Crippen molar-refractivity contribution in [3.8, 4) is 22.5 Å². The number of rotatable bonds is 6. The molecule has 0 spiro atoms. The van der Waals surface area contributed by atoms with Crippen molar-refractivity contribution < 1.29 is 14.3 Å². The van der Waals surface area contributed by atoms with Crippen molar-refractivity contribution in [1.29, 1.82) is 0 Å². The normalized spacial score (nSPS) is 10.8. The van der Waals surface area contributed by atoms with E-state index in [1.165, 1.54) is 11.3 Å². The minimum Gasteiger partial charge on any atom is -0.452 e. The van der Waals surface area contributed by atoms with Crippen molar-refractivity contribution in [2.75, 3.05) is 11.9 Å². The third-order valence-electron chi connectivity index (χ3n) is 5.21. The average molecular weight is 544 g/mol. The molecule has 0 fully saturated rings. The van der Waals surface area contributed by atoms with E-state index in [9.17, 15) is 9.59 Å². The van der Waals surface area contributed by atoms with Crippen LogP contribution in [0.4, 0.5) is 5.13 Å². The summed E-state index contributed by atoms with van der Waals surface area (Å²) in [6.07, 6.45) is 0. The van der Waals surface area contributed by atoms with Crippen LogP contribution in [0, 0.1) is 0 Å². The Kier molecular flexibility index (Phi) is 6.65. The van der Waals surface area contributed by atoms with Crippen molar-refractivity contribution in [1.82, 2.24) is 9.97 Å². The highest BCUT2D eigenvalue weighted by molar-refractivity contribution is 9.10. The van der Waals surface area contributed by atoms with E-state index in [0.29, 0.717) is 27.3 Å². The first-order valence-electron chi connectivity index (χ1n) is 10.7. The first-order valence-corrected chi connectivity index (χ1v) is 12.4. The van der Waals surface area contributed by atoms with E-state index < -0.39 is 18.5 Å². The van der Waals surface area contributed by atoms with Crippen LogP contribution in [0.1, 0.15) is 10.4 Å². The summed E-state index contributed by atoms with van der Waals surface area (Å²) in [5.41, 5.74) is 4.25. The molecule has 0 aliphatic rings. The highest BCUT2D eigenvalue weighted by Crippen LogP contribution is 2.27. The lowest BCUT2D eigenvalue weighted by Crippen LogP contribution is -2.21. The average Bonchev–Trinajstić information content (AvgIpc) is 3.35. The molecule has 6 nitrogen and oxygen atoms in total. The van der Waals surface area contributed by atoms with Crippen LogP contribution in [0.2, 0.25) is 0 Å². The van der Waals surface area contributed by atoms with Gasteiger partial charge in [0.25, 0.3) is 5.91 Å². The van der Waals surface area contributed by atoms with Gasteiger partial charge in [0.2, 0.25) is 0 Å². The van der Waals surface area contributed by atoms with Gasteiger partial charge in [-0.3, -0.25) is 10.1 Å². The zero-order valence-corrected chi connectivity index (χ0v) is 20.7. The number of amides is 1. The second-order valence-corrected chi connectivity index (χ2v) is 9.38. The van der Waals surface area contributed by atoms with Gasteiger partial charge in [0.05, 0.1) is 22.5 Å². The number of esters is 1. The molecular weight excluding hydrogens is 526 g/mol. The number of hydrogen-bond acceptors (Lipinski definition) is 6. The van der Waals surface area contributed by atoms with Crippen LogP contribution >= 0.6 is 27.3 Å². The molecule has 0 saturated carbocycles. The summed E-state index contributed by atoms with van der Waals surface area (Å²) in [5, 5.41) is 5.65. The number of hydrogen-bond donors (Lipinski definition) is 1. The monoisotopic (exact) mass is 543 g/mol. The lowest BCUT2D eigenvalue weighted by atomic mass is 10.0. The van der Waals surface area contributed by atoms with E-state index in [0.717, 1.165) is 21.3 Å². The third-order valence-corrected chi connectivity index (χ3v) is 6.46. The van der Waals surface area contributed by atoms with Gasteiger partial charge in [-0.25, -0.2) is 14.8 Å². The largest absolute Gasteiger partial charge is 0.452 e. The maximum absolute atomic E-state index is 13.0. The van der Waals surface area contributed by atoms with Gasteiger partial charge in [-0.05, 0) is 24.3 Å². The number of aromatic nitrogens is 2. The van der Waals surface area contributed by atoms with Gasteiger partial charge in [0.1, 0.15) is 0 Å². The molecule has 0 aliphatic carbocycles. The molecule has 3 aromatic carbocycles. The zero-order chi connectivity index (χ0) is 24.2. The molecular formula is C27H18BrN3O3S. The first-order chi connectivity index (χ1) is 17.1. The van der Waals surface area contributed by atoms with Crippen molar-refractivity contribution in [2.24, 2.45) is 0 Å². The topological polar surface area (TPSA) is 81.2 Å². The Morgan fingerprint density at radius 2 is 1.63 bits per heavy atom. The van der Waals surface area contributed by atoms with Crippen LogP contribution in [0.3, 0.4) is 0 Å². The van der Waals surface area contributed by atoms with E-state index in [4.69, 9.17) is 4.74 Å². The molecule has 2 heterocycles.